The van der Waals surface area contributed by atoms with E-state index in [1.54, 1.807) is 12.0 Å². The SMILES string of the molecule is CCNc1nc(N)c(C(=O)N(CC)CCOC)s1. The number of likely N-dealkylation sites (N-methyl/N-ethyl adjacent to an activating group) is 1. The molecular formula is C11H20N4O2S. The Kier molecular flexibility index (Phi) is 5.87. The van der Waals surface area contributed by atoms with Crippen LogP contribution < -0.4 is 11.1 Å². The maximum absolute atomic E-state index is 12.3. The van der Waals surface area contributed by atoms with Crippen LogP contribution in [0.15, 0.2) is 0 Å². The van der Waals surface area contributed by atoms with Gasteiger partial charge in [-0.2, -0.15) is 0 Å². The largest absolute Gasteiger partial charge is 0.383 e. The molecule has 0 aromatic carbocycles. The van der Waals surface area contributed by atoms with Gasteiger partial charge in [0.05, 0.1) is 6.61 Å². The lowest BCUT2D eigenvalue weighted by molar-refractivity contribution is 0.0712. The molecule has 7 heteroatoms. The van der Waals surface area contributed by atoms with E-state index in [1.807, 2.05) is 13.8 Å². The standard InChI is InChI=1S/C11H20N4O2S/c1-4-13-11-14-9(12)8(18-11)10(16)15(5-2)6-7-17-3/h4-7,12H2,1-3H3,(H,13,14). The minimum absolute atomic E-state index is 0.0892. The number of ether oxygens (including phenoxy) is 1. The van der Waals surface area contributed by atoms with Gasteiger partial charge in [-0.15, -0.1) is 0 Å². The quantitative estimate of drug-likeness (QED) is 0.781. The fourth-order valence-corrected chi connectivity index (χ4v) is 2.38. The number of anilines is 2. The first-order valence-corrected chi connectivity index (χ1v) is 6.74. The second-order valence-electron chi connectivity index (χ2n) is 3.64. The van der Waals surface area contributed by atoms with Crippen molar-refractivity contribution >= 4 is 28.2 Å². The smallest absolute Gasteiger partial charge is 0.267 e. The van der Waals surface area contributed by atoms with E-state index in [1.165, 1.54) is 11.3 Å². The molecule has 1 heterocycles. The van der Waals surface area contributed by atoms with E-state index in [4.69, 9.17) is 10.5 Å². The third-order valence-electron chi connectivity index (χ3n) is 2.41. The number of carbonyl (C=O) groups excluding carboxylic acids is 1. The molecule has 0 unspecified atom stereocenters. The number of nitrogens with zero attached hydrogens (tertiary/aromatic N) is 2. The first-order valence-electron chi connectivity index (χ1n) is 5.92. The summed E-state index contributed by atoms with van der Waals surface area (Å²) in [6, 6.07) is 0. The van der Waals surface area contributed by atoms with Gasteiger partial charge in [-0.25, -0.2) is 4.98 Å². The summed E-state index contributed by atoms with van der Waals surface area (Å²) in [6.45, 7) is 6.34. The second-order valence-corrected chi connectivity index (χ2v) is 4.64. The van der Waals surface area contributed by atoms with Gasteiger partial charge in [0.2, 0.25) is 0 Å². The molecule has 0 aliphatic carbocycles. The van der Waals surface area contributed by atoms with Crippen LogP contribution in [0.3, 0.4) is 0 Å². The zero-order chi connectivity index (χ0) is 13.5. The predicted molar refractivity (Wildman–Crippen MR) is 74.1 cm³/mol. The van der Waals surface area contributed by atoms with E-state index >= 15 is 0 Å². The zero-order valence-corrected chi connectivity index (χ0v) is 11.8. The van der Waals surface area contributed by atoms with E-state index in [0.717, 1.165) is 6.54 Å². The molecule has 6 nitrogen and oxygen atoms in total. The minimum atomic E-state index is -0.0892. The summed E-state index contributed by atoms with van der Waals surface area (Å²) in [5.41, 5.74) is 5.77. The fourth-order valence-electron chi connectivity index (χ4n) is 1.46. The summed E-state index contributed by atoms with van der Waals surface area (Å²) >= 11 is 1.29. The van der Waals surface area contributed by atoms with Gasteiger partial charge in [0, 0.05) is 26.7 Å². The molecule has 0 bridgehead atoms. The number of hydrogen-bond acceptors (Lipinski definition) is 6. The lowest BCUT2D eigenvalue weighted by Gasteiger charge is -2.19. The highest BCUT2D eigenvalue weighted by Gasteiger charge is 2.20. The summed E-state index contributed by atoms with van der Waals surface area (Å²) in [4.78, 5) is 18.6. The molecule has 0 aliphatic heterocycles. The predicted octanol–water partition coefficient (Wildman–Crippen LogP) is 1.27. The van der Waals surface area contributed by atoms with Crippen molar-refractivity contribution in [3.63, 3.8) is 0 Å². The van der Waals surface area contributed by atoms with Crippen LogP contribution in [0.5, 0.6) is 0 Å². The first kappa shape index (κ1) is 14.7. The van der Waals surface area contributed by atoms with Gasteiger partial charge in [0.1, 0.15) is 10.7 Å². The number of nitrogens with two attached hydrogens (primary N) is 1. The molecule has 0 saturated carbocycles. The Hall–Kier alpha value is -1.34. The number of amides is 1. The average Bonchev–Trinajstić information content (AvgIpc) is 2.71. The van der Waals surface area contributed by atoms with Crippen molar-refractivity contribution in [3.05, 3.63) is 4.88 Å². The Morgan fingerprint density at radius 1 is 1.56 bits per heavy atom. The number of aromatic nitrogens is 1. The lowest BCUT2D eigenvalue weighted by Crippen LogP contribution is -2.33. The molecule has 0 aliphatic rings. The molecule has 1 amide bonds. The number of nitrogens with one attached hydrogen (secondary N) is 1. The number of thiazole rings is 1. The molecule has 0 atom stereocenters. The summed E-state index contributed by atoms with van der Waals surface area (Å²) in [6.07, 6.45) is 0. The average molecular weight is 272 g/mol. The van der Waals surface area contributed by atoms with E-state index in [0.29, 0.717) is 29.7 Å². The molecule has 3 N–H and O–H groups in total. The van der Waals surface area contributed by atoms with Gasteiger partial charge in [-0.1, -0.05) is 11.3 Å². The first-order chi connectivity index (χ1) is 8.63. The minimum Gasteiger partial charge on any atom is -0.383 e. The van der Waals surface area contributed by atoms with Crippen LogP contribution in [0.2, 0.25) is 0 Å². The van der Waals surface area contributed by atoms with Crippen molar-refractivity contribution < 1.29 is 9.53 Å². The molecular weight excluding hydrogens is 252 g/mol. The van der Waals surface area contributed by atoms with Crippen LogP contribution >= 0.6 is 11.3 Å². The van der Waals surface area contributed by atoms with Gasteiger partial charge in [0.15, 0.2) is 5.13 Å². The summed E-state index contributed by atoms with van der Waals surface area (Å²) in [5, 5.41) is 3.74. The van der Waals surface area contributed by atoms with Crippen molar-refractivity contribution in [2.45, 2.75) is 13.8 Å². The zero-order valence-electron chi connectivity index (χ0n) is 11.0. The third kappa shape index (κ3) is 3.58. The summed E-state index contributed by atoms with van der Waals surface area (Å²) in [5.74, 6) is 0.200. The number of rotatable bonds is 7. The van der Waals surface area contributed by atoms with Crippen LogP contribution in [0, 0.1) is 0 Å². The molecule has 0 spiro atoms. The lowest BCUT2D eigenvalue weighted by atomic mass is 10.4. The Balaban J connectivity index is 2.80. The Labute approximate surface area is 111 Å². The molecule has 0 fully saturated rings. The highest BCUT2D eigenvalue weighted by atomic mass is 32.1. The van der Waals surface area contributed by atoms with Crippen molar-refractivity contribution in [1.82, 2.24) is 9.88 Å². The van der Waals surface area contributed by atoms with Crippen LogP contribution in [0.1, 0.15) is 23.5 Å². The van der Waals surface area contributed by atoms with Gasteiger partial charge < -0.3 is 20.7 Å². The summed E-state index contributed by atoms with van der Waals surface area (Å²) in [7, 11) is 1.61. The molecule has 18 heavy (non-hydrogen) atoms. The molecule has 1 aromatic rings. The van der Waals surface area contributed by atoms with Crippen LogP contribution in [-0.2, 0) is 4.74 Å². The number of carbonyl (C=O) groups is 1. The number of hydrogen-bond donors (Lipinski definition) is 2. The Bertz CT molecular complexity index is 394. The fraction of sp³-hybridized carbons (Fsp3) is 0.636. The molecule has 1 aromatic heterocycles. The molecule has 0 saturated heterocycles. The monoisotopic (exact) mass is 272 g/mol. The van der Waals surface area contributed by atoms with Crippen molar-refractivity contribution in [2.75, 3.05) is 44.4 Å². The topological polar surface area (TPSA) is 80.5 Å². The highest BCUT2D eigenvalue weighted by molar-refractivity contribution is 7.18. The van der Waals surface area contributed by atoms with Crippen molar-refractivity contribution in [3.8, 4) is 0 Å². The molecule has 0 radical (unpaired) electrons. The van der Waals surface area contributed by atoms with Crippen LogP contribution in [0.25, 0.3) is 0 Å². The maximum atomic E-state index is 12.3. The second kappa shape index (κ2) is 7.17. The highest BCUT2D eigenvalue weighted by Crippen LogP contribution is 2.26. The number of methoxy groups -OCH3 is 1. The van der Waals surface area contributed by atoms with Gasteiger partial charge in [0.25, 0.3) is 5.91 Å². The maximum Gasteiger partial charge on any atom is 0.267 e. The number of nitrogen functional groups attached to an aromatic ring is 1. The van der Waals surface area contributed by atoms with Gasteiger partial charge in [-0.3, -0.25) is 4.79 Å². The van der Waals surface area contributed by atoms with Crippen LogP contribution in [0.4, 0.5) is 10.9 Å². The van der Waals surface area contributed by atoms with Gasteiger partial charge in [-0.05, 0) is 13.8 Å². The van der Waals surface area contributed by atoms with E-state index in [-0.39, 0.29) is 11.7 Å². The Morgan fingerprint density at radius 3 is 2.83 bits per heavy atom. The normalized spacial score (nSPS) is 10.4. The van der Waals surface area contributed by atoms with E-state index < -0.39 is 0 Å². The van der Waals surface area contributed by atoms with Crippen molar-refractivity contribution in [1.29, 1.82) is 0 Å². The molecule has 1 rings (SSSR count). The van der Waals surface area contributed by atoms with Crippen LogP contribution in [-0.4, -0.2) is 49.1 Å². The Morgan fingerprint density at radius 2 is 2.28 bits per heavy atom. The summed E-state index contributed by atoms with van der Waals surface area (Å²) < 4.78 is 4.98. The van der Waals surface area contributed by atoms with Gasteiger partial charge >= 0.3 is 0 Å². The van der Waals surface area contributed by atoms with E-state index in [9.17, 15) is 4.79 Å². The third-order valence-corrected chi connectivity index (χ3v) is 3.43. The van der Waals surface area contributed by atoms with Crippen molar-refractivity contribution in [2.24, 2.45) is 0 Å². The van der Waals surface area contributed by atoms with E-state index in [2.05, 4.69) is 10.3 Å². The molecule has 102 valence electrons.